The van der Waals surface area contributed by atoms with Crippen molar-refractivity contribution in [2.45, 2.75) is 13.0 Å². The molecule has 0 radical (unpaired) electrons. The minimum Gasteiger partial charge on any atom is -0.497 e. The van der Waals surface area contributed by atoms with E-state index in [1.807, 2.05) is 49.4 Å². The number of H-pyrrole nitrogens is 1. The number of aromatic nitrogens is 4. The first kappa shape index (κ1) is 15.2. The fourth-order valence-electron chi connectivity index (χ4n) is 2.65. The second-order valence-electron chi connectivity index (χ2n) is 5.73. The highest BCUT2D eigenvalue weighted by atomic mass is 16.5. The number of benzene rings is 2. The molecule has 0 saturated carbocycles. The highest BCUT2D eigenvalue weighted by molar-refractivity contribution is 5.82. The lowest BCUT2D eigenvalue weighted by Crippen LogP contribution is -2.06. The van der Waals surface area contributed by atoms with E-state index in [0.717, 1.165) is 27.8 Å². The molecule has 126 valence electrons. The fourth-order valence-corrected chi connectivity index (χ4v) is 2.65. The van der Waals surface area contributed by atoms with Crippen molar-refractivity contribution in [3.8, 4) is 17.2 Å². The summed E-state index contributed by atoms with van der Waals surface area (Å²) >= 11 is 0. The summed E-state index contributed by atoms with van der Waals surface area (Å²) in [6, 6.07) is 14.0. The summed E-state index contributed by atoms with van der Waals surface area (Å²) in [5, 5.41) is 19.4. The number of ether oxygens (including phenoxy) is 1. The summed E-state index contributed by atoms with van der Waals surface area (Å²) in [6.45, 7) is 2.02. The molecule has 2 heterocycles. The molecule has 2 aromatic carbocycles. The molecule has 0 bridgehead atoms. The number of rotatable bonds is 5. The zero-order valence-corrected chi connectivity index (χ0v) is 13.9. The number of nitrogens with zero attached hydrogens (tertiary/aromatic N) is 3. The molecule has 25 heavy (non-hydrogen) atoms. The molecule has 0 spiro atoms. The van der Waals surface area contributed by atoms with Crippen LogP contribution in [0.5, 0.6) is 5.75 Å². The molecule has 4 aromatic rings. The molecule has 0 aliphatic heterocycles. The van der Waals surface area contributed by atoms with Gasteiger partial charge in [0.25, 0.3) is 0 Å². The summed E-state index contributed by atoms with van der Waals surface area (Å²) in [6.07, 6.45) is 1.76. The summed E-state index contributed by atoms with van der Waals surface area (Å²) in [7, 11) is 1.65. The molecule has 0 fully saturated rings. The smallest absolute Gasteiger partial charge is 0.316 e. The lowest BCUT2D eigenvalue weighted by atomic mass is 10.1. The van der Waals surface area contributed by atoms with Gasteiger partial charge in [-0.15, -0.1) is 5.10 Å². The Morgan fingerprint density at radius 2 is 2.08 bits per heavy atom. The van der Waals surface area contributed by atoms with Crippen molar-refractivity contribution in [1.29, 1.82) is 0 Å². The van der Waals surface area contributed by atoms with Crippen LogP contribution in [0, 0.1) is 0 Å². The Hall–Kier alpha value is -3.35. The Balaban J connectivity index is 1.54. The Morgan fingerprint density at radius 3 is 2.96 bits per heavy atom. The van der Waals surface area contributed by atoms with Crippen LogP contribution >= 0.6 is 0 Å². The first-order valence-electron chi connectivity index (χ1n) is 7.90. The van der Waals surface area contributed by atoms with Gasteiger partial charge < -0.3 is 14.5 Å². The van der Waals surface area contributed by atoms with Crippen molar-refractivity contribution in [3.05, 3.63) is 54.2 Å². The molecular weight excluding hydrogens is 318 g/mol. The molecule has 0 unspecified atom stereocenters. The highest BCUT2D eigenvalue weighted by Crippen LogP contribution is 2.26. The minimum atomic E-state index is -0.000228. The Morgan fingerprint density at radius 1 is 1.16 bits per heavy atom. The number of hydrogen-bond donors (Lipinski definition) is 2. The van der Waals surface area contributed by atoms with E-state index in [4.69, 9.17) is 9.15 Å². The molecule has 0 amide bonds. The van der Waals surface area contributed by atoms with E-state index >= 15 is 0 Å². The van der Waals surface area contributed by atoms with Gasteiger partial charge in [-0.05, 0) is 42.8 Å². The molecule has 0 aliphatic rings. The summed E-state index contributed by atoms with van der Waals surface area (Å²) in [5.74, 6) is 1.27. The minimum absolute atomic E-state index is 0.000228. The maximum Gasteiger partial charge on any atom is 0.316 e. The van der Waals surface area contributed by atoms with Gasteiger partial charge in [0.05, 0.1) is 24.9 Å². The standard InChI is InChI=1S/C18H17N5O2/c1-11(12-4-3-5-15(9-12)24-2)20-18-23-22-17(25-18)13-6-7-16-14(8-13)10-19-21-16/h3-11H,1-2H3,(H,19,21)(H,20,23)/t11-/m0/s1. The first-order chi connectivity index (χ1) is 12.2. The quantitative estimate of drug-likeness (QED) is 0.577. The van der Waals surface area contributed by atoms with E-state index in [9.17, 15) is 0 Å². The Bertz CT molecular complexity index is 1010. The number of methoxy groups -OCH3 is 1. The van der Waals surface area contributed by atoms with Crippen LogP contribution in [0.25, 0.3) is 22.4 Å². The van der Waals surface area contributed by atoms with E-state index < -0.39 is 0 Å². The number of anilines is 1. The van der Waals surface area contributed by atoms with E-state index in [1.54, 1.807) is 13.3 Å². The van der Waals surface area contributed by atoms with Gasteiger partial charge in [-0.2, -0.15) is 5.10 Å². The van der Waals surface area contributed by atoms with Gasteiger partial charge in [0.2, 0.25) is 5.89 Å². The lowest BCUT2D eigenvalue weighted by molar-refractivity contribution is 0.414. The van der Waals surface area contributed by atoms with Gasteiger partial charge in [-0.1, -0.05) is 17.2 Å². The van der Waals surface area contributed by atoms with Crippen LogP contribution in [0.1, 0.15) is 18.5 Å². The van der Waals surface area contributed by atoms with Gasteiger partial charge in [0.1, 0.15) is 5.75 Å². The molecular formula is C18H17N5O2. The Kier molecular flexibility index (Phi) is 3.81. The van der Waals surface area contributed by atoms with Crippen molar-refractivity contribution in [2.75, 3.05) is 12.4 Å². The maximum atomic E-state index is 5.75. The molecule has 0 saturated heterocycles. The van der Waals surface area contributed by atoms with Crippen molar-refractivity contribution >= 4 is 16.9 Å². The summed E-state index contributed by atoms with van der Waals surface area (Å²) in [4.78, 5) is 0. The van der Waals surface area contributed by atoms with Gasteiger partial charge in [-0.25, -0.2) is 0 Å². The first-order valence-corrected chi connectivity index (χ1v) is 7.90. The van der Waals surface area contributed by atoms with Crippen molar-refractivity contribution in [2.24, 2.45) is 0 Å². The van der Waals surface area contributed by atoms with Crippen molar-refractivity contribution < 1.29 is 9.15 Å². The molecule has 2 N–H and O–H groups in total. The summed E-state index contributed by atoms with van der Waals surface area (Å²) < 4.78 is 11.0. The number of aromatic amines is 1. The normalized spacial score (nSPS) is 12.2. The number of hydrogen-bond acceptors (Lipinski definition) is 6. The molecule has 2 aromatic heterocycles. The second-order valence-corrected chi connectivity index (χ2v) is 5.73. The van der Waals surface area contributed by atoms with Crippen molar-refractivity contribution in [1.82, 2.24) is 20.4 Å². The largest absolute Gasteiger partial charge is 0.497 e. The van der Waals surface area contributed by atoms with Crippen LogP contribution in [-0.2, 0) is 0 Å². The lowest BCUT2D eigenvalue weighted by Gasteiger charge is -2.13. The average molecular weight is 335 g/mol. The zero-order valence-electron chi connectivity index (χ0n) is 13.9. The maximum absolute atomic E-state index is 5.75. The van der Waals surface area contributed by atoms with Crippen LogP contribution in [0.15, 0.2) is 53.1 Å². The zero-order chi connectivity index (χ0) is 17.2. The van der Waals surface area contributed by atoms with E-state index in [0.29, 0.717) is 11.9 Å². The van der Waals surface area contributed by atoms with Gasteiger partial charge in [0.15, 0.2) is 0 Å². The van der Waals surface area contributed by atoms with Crippen LogP contribution in [0.3, 0.4) is 0 Å². The van der Waals surface area contributed by atoms with Crippen LogP contribution in [0.4, 0.5) is 6.01 Å². The molecule has 7 heteroatoms. The van der Waals surface area contributed by atoms with E-state index in [2.05, 4.69) is 25.7 Å². The monoisotopic (exact) mass is 335 g/mol. The third kappa shape index (κ3) is 3.03. The topological polar surface area (TPSA) is 88.9 Å². The third-order valence-electron chi connectivity index (χ3n) is 4.05. The van der Waals surface area contributed by atoms with Crippen LogP contribution < -0.4 is 10.1 Å². The van der Waals surface area contributed by atoms with Crippen LogP contribution in [-0.4, -0.2) is 27.5 Å². The summed E-state index contributed by atoms with van der Waals surface area (Å²) in [5.41, 5.74) is 2.88. The predicted molar refractivity (Wildman–Crippen MR) is 94.4 cm³/mol. The van der Waals surface area contributed by atoms with E-state index in [1.165, 1.54) is 0 Å². The van der Waals surface area contributed by atoms with Gasteiger partial charge in [-0.3, -0.25) is 5.10 Å². The molecule has 0 aliphatic carbocycles. The average Bonchev–Trinajstić information content (AvgIpc) is 3.30. The molecule has 4 rings (SSSR count). The number of fused-ring (bicyclic) bond motifs is 1. The SMILES string of the molecule is COc1cccc([C@H](C)Nc2nnc(-c3ccc4[nH]ncc4c3)o2)c1. The third-order valence-corrected chi connectivity index (χ3v) is 4.05. The predicted octanol–water partition coefficient (Wildman–Crippen LogP) is 3.79. The van der Waals surface area contributed by atoms with E-state index in [-0.39, 0.29) is 6.04 Å². The molecule has 1 atom stereocenters. The van der Waals surface area contributed by atoms with Crippen molar-refractivity contribution in [3.63, 3.8) is 0 Å². The van der Waals surface area contributed by atoms with Crippen LogP contribution in [0.2, 0.25) is 0 Å². The molecule has 7 nitrogen and oxygen atoms in total. The highest BCUT2D eigenvalue weighted by Gasteiger charge is 2.13. The van der Waals surface area contributed by atoms with Gasteiger partial charge >= 0.3 is 6.01 Å². The Labute approximate surface area is 144 Å². The fraction of sp³-hybridized carbons (Fsp3) is 0.167. The number of nitrogens with one attached hydrogen (secondary N) is 2. The van der Waals surface area contributed by atoms with Gasteiger partial charge in [0, 0.05) is 10.9 Å². The second kappa shape index (κ2) is 6.27.